The number of aromatic nitrogens is 2. The van der Waals surface area contributed by atoms with Crippen molar-refractivity contribution in [2.45, 2.75) is 25.8 Å². The van der Waals surface area contributed by atoms with Crippen molar-refractivity contribution in [3.63, 3.8) is 0 Å². The Morgan fingerprint density at radius 2 is 1.73 bits per heavy atom. The maximum atomic E-state index is 13.2. The molecule has 33 heavy (non-hydrogen) atoms. The second-order valence-electron chi connectivity index (χ2n) is 7.90. The maximum Gasteiger partial charge on any atom is 0.251 e. The molecule has 0 saturated heterocycles. The summed E-state index contributed by atoms with van der Waals surface area (Å²) in [6.07, 6.45) is 3.22. The van der Waals surface area contributed by atoms with Gasteiger partial charge in [0.15, 0.2) is 0 Å². The van der Waals surface area contributed by atoms with Crippen LogP contribution in [0.4, 0.5) is 15.9 Å². The van der Waals surface area contributed by atoms with Crippen LogP contribution in [-0.4, -0.2) is 21.9 Å². The zero-order chi connectivity index (χ0) is 23.0. The number of aryl methyl sites for hydroxylation is 1. The van der Waals surface area contributed by atoms with Gasteiger partial charge in [0.25, 0.3) is 5.91 Å². The molecule has 0 saturated carbocycles. The first kappa shape index (κ1) is 22.1. The Morgan fingerprint density at radius 3 is 2.52 bits per heavy atom. The third-order valence-electron chi connectivity index (χ3n) is 5.29. The number of anilines is 2. The number of carbonyl (C=O) groups is 1. The average molecular weight is 441 g/mol. The summed E-state index contributed by atoms with van der Waals surface area (Å²) < 4.78 is 13.2. The molecule has 0 aliphatic heterocycles. The predicted octanol–water partition coefficient (Wildman–Crippen LogP) is 5.78. The van der Waals surface area contributed by atoms with Gasteiger partial charge in [0.05, 0.1) is 5.69 Å². The van der Waals surface area contributed by atoms with Gasteiger partial charge in [0, 0.05) is 28.9 Å². The smallest absolute Gasteiger partial charge is 0.251 e. The Bertz CT molecular complexity index is 1210. The van der Waals surface area contributed by atoms with Crippen LogP contribution in [0.25, 0.3) is 11.3 Å². The van der Waals surface area contributed by atoms with Crippen molar-refractivity contribution in [3.8, 4) is 11.3 Å². The predicted molar refractivity (Wildman–Crippen MR) is 129 cm³/mol. The lowest BCUT2D eigenvalue weighted by atomic mass is 10.1. The molecule has 1 heterocycles. The van der Waals surface area contributed by atoms with Gasteiger partial charge in [-0.2, -0.15) is 0 Å². The highest BCUT2D eigenvalue weighted by Crippen LogP contribution is 2.22. The first-order valence-corrected chi connectivity index (χ1v) is 10.9. The first-order valence-electron chi connectivity index (χ1n) is 10.9. The van der Waals surface area contributed by atoms with E-state index in [-0.39, 0.29) is 17.8 Å². The number of nitrogens with zero attached hydrogens (tertiary/aromatic N) is 2. The van der Waals surface area contributed by atoms with E-state index >= 15 is 0 Å². The van der Waals surface area contributed by atoms with Crippen molar-refractivity contribution >= 4 is 17.4 Å². The van der Waals surface area contributed by atoms with Crippen molar-refractivity contribution in [1.29, 1.82) is 0 Å². The number of rotatable bonds is 8. The average Bonchev–Trinajstić information content (AvgIpc) is 2.84. The van der Waals surface area contributed by atoms with Gasteiger partial charge in [-0.3, -0.25) is 4.79 Å². The van der Waals surface area contributed by atoms with E-state index in [0.29, 0.717) is 17.1 Å². The number of hydrogen-bond acceptors (Lipinski definition) is 4. The summed E-state index contributed by atoms with van der Waals surface area (Å²) in [5, 5.41) is 6.29. The third-order valence-corrected chi connectivity index (χ3v) is 5.29. The standard InChI is InChI=1S/C27H25FN4O/c1-19(10-11-20-6-3-2-4-7-20)31-27(33)22-8-5-9-24(16-22)32-26-17-25(29-18-30-26)21-12-14-23(28)15-13-21/h2-9,12-19H,10-11H2,1H3,(H,31,33)(H,29,30,32)/t19-/m0/s1. The van der Waals surface area contributed by atoms with E-state index in [9.17, 15) is 9.18 Å². The van der Waals surface area contributed by atoms with Gasteiger partial charge in [0.1, 0.15) is 18.0 Å². The number of nitrogens with one attached hydrogen (secondary N) is 2. The van der Waals surface area contributed by atoms with Crippen molar-refractivity contribution in [2.24, 2.45) is 0 Å². The molecule has 0 aliphatic carbocycles. The van der Waals surface area contributed by atoms with Crippen LogP contribution in [0.5, 0.6) is 0 Å². The van der Waals surface area contributed by atoms with Crippen LogP contribution < -0.4 is 10.6 Å². The molecule has 0 spiro atoms. The highest BCUT2D eigenvalue weighted by atomic mass is 19.1. The normalized spacial score (nSPS) is 11.6. The molecule has 3 aromatic carbocycles. The molecule has 0 radical (unpaired) electrons. The largest absolute Gasteiger partial charge is 0.350 e. The fourth-order valence-electron chi connectivity index (χ4n) is 3.50. The van der Waals surface area contributed by atoms with E-state index in [1.807, 2.05) is 37.3 Å². The van der Waals surface area contributed by atoms with E-state index in [2.05, 4.69) is 32.7 Å². The Morgan fingerprint density at radius 1 is 0.939 bits per heavy atom. The summed E-state index contributed by atoms with van der Waals surface area (Å²) in [6, 6.07) is 25.5. The van der Waals surface area contributed by atoms with E-state index in [1.54, 1.807) is 30.3 Å². The lowest BCUT2D eigenvalue weighted by Crippen LogP contribution is -2.32. The van der Waals surface area contributed by atoms with Crippen molar-refractivity contribution in [3.05, 3.63) is 108 Å². The van der Waals surface area contributed by atoms with Gasteiger partial charge in [0.2, 0.25) is 0 Å². The fraction of sp³-hybridized carbons (Fsp3) is 0.148. The van der Waals surface area contributed by atoms with Crippen LogP contribution in [-0.2, 0) is 6.42 Å². The third kappa shape index (κ3) is 6.23. The molecule has 6 heteroatoms. The molecule has 4 rings (SSSR count). The molecule has 0 fully saturated rings. The zero-order valence-corrected chi connectivity index (χ0v) is 18.3. The van der Waals surface area contributed by atoms with Gasteiger partial charge < -0.3 is 10.6 Å². The number of hydrogen-bond donors (Lipinski definition) is 2. The van der Waals surface area contributed by atoms with Crippen LogP contribution in [0.1, 0.15) is 29.3 Å². The quantitative estimate of drug-likeness (QED) is 0.365. The van der Waals surface area contributed by atoms with E-state index in [0.717, 1.165) is 24.1 Å². The Kier molecular flexibility index (Phi) is 7.05. The molecule has 0 aliphatic rings. The maximum absolute atomic E-state index is 13.2. The molecular weight excluding hydrogens is 415 g/mol. The lowest BCUT2D eigenvalue weighted by molar-refractivity contribution is 0.0938. The van der Waals surface area contributed by atoms with Gasteiger partial charge >= 0.3 is 0 Å². The number of amides is 1. The molecule has 1 aromatic heterocycles. The van der Waals surface area contributed by atoms with Crippen molar-refractivity contribution in [2.75, 3.05) is 5.32 Å². The number of carbonyl (C=O) groups excluding carboxylic acids is 1. The lowest BCUT2D eigenvalue weighted by Gasteiger charge is -2.15. The summed E-state index contributed by atoms with van der Waals surface area (Å²) in [5.74, 6) is 0.169. The van der Waals surface area contributed by atoms with Crippen LogP contribution >= 0.6 is 0 Å². The van der Waals surface area contributed by atoms with Gasteiger partial charge in [-0.25, -0.2) is 14.4 Å². The van der Waals surface area contributed by atoms with Gasteiger partial charge in [-0.1, -0.05) is 36.4 Å². The van der Waals surface area contributed by atoms with Crippen LogP contribution in [0, 0.1) is 5.82 Å². The minimum atomic E-state index is -0.296. The van der Waals surface area contributed by atoms with Crippen LogP contribution in [0.3, 0.4) is 0 Å². The summed E-state index contributed by atoms with van der Waals surface area (Å²) in [7, 11) is 0. The SMILES string of the molecule is C[C@@H](CCc1ccccc1)NC(=O)c1cccc(Nc2cc(-c3ccc(F)cc3)ncn2)c1. The highest BCUT2D eigenvalue weighted by Gasteiger charge is 2.11. The number of benzene rings is 3. The molecule has 2 N–H and O–H groups in total. The van der Waals surface area contributed by atoms with Gasteiger partial charge in [-0.15, -0.1) is 0 Å². The first-order chi connectivity index (χ1) is 16.1. The summed E-state index contributed by atoms with van der Waals surface area (Å²) in [6.45, 7) is 2.01. The molecule has 0 unspecified atom stereocenters. The summed E-state index contributed by atoms with van der Waals surface area (Å²) in [5.41, 5.74) is 4.03. The Labute approximate surface area is 192 Å². The second-order valence-corrected chi connectivity index (χ2v) is 7.90. The topological polar surface area (TPSA) is 66.9 Å². The second kappa shape index (κ2) is 10.5. The minimum Gasteiger partial charge on any atom is -0.350 e. The number of halogens is 1. The molecule has 0 bridgehead atoms. The zero-order valence-electron chi connectivity index (χ0n) is 18.3. The molecule has 4 aromatic rings. The van der Waals surface area contributed by atoms with E-state index in [1.165, 1.54) is 24.0 Å². The molecular formula is C27H25FN4O. The molecule has 1 amide bonds. The van der Waals surface area contributed by atoms with Crippen molar-refractivity contribution in [1.82, 2.24) is 15.3 Å². The monoisotopic (exact) mass is 440 g/mol. The van der Waals surface area contributed by atoms with Crippen LogP contribution in [0.15, 0.2) is 91.3 Å². The molecule has 1 atom stereocenters. The summed E-state index contributed by atoms with van der Waals surface area (Å²) in [4.78, 5) is 21.3. The Hall–Kier alpha value is -4.06. The fourth-order valence-corrected chi connectivity index (χ4v) is 3.50. The summed E-state index contributed by atoms with van der Waals surface area (Å²) >= 11 is 0. The van der Waals surface area contributed by atoms with E-state index in [4.69, 9.17) is 0 Å². The van der Waals surface area contributed by atoms with E-state index < -0.39 is 0 Å². The minimum absolute atomic E-state index is 0.0504. The Balaban J connectivity index is 1.39. The van der Waals surface area contributed by atoms with Gasteiger partial charge in [-0.05, 0) is 67.8 Å². The van der Waals surface area contributed by atoms with Crippen LogP contribution in [0.2, 0.25) is 0 Å². The highest BCUT2D eigenvalue weighted by molar-refractivity contribution is 5.95. The molecule has 5 nitrogen and oxygen atoms in total. The molecule has 166 valence electrons. The van der Waals surface area contributed by atoms with Crippen molar-refractivity contribution < 1.29 is 9.18 Å².